The van der Waals surface area contributed by atoms with Crippen LogP contribution in [0.25, 0.3) is 0 Å². The molecule has 23 heavy (non-hydrogen) atoms. The van der Waals surface area contributed by atoms with Crippen molar-refractivity contribution in [3.05, 3.63) is 30.1 Å². The molecule has 1 fully saturated rings. The highest BCUT2D eigenvalue weighted by atomic mass is 127. The minimum atomic E-state index is 0. The number of nitrogens with zero attached hydrogens (tertiary/aromatic N) is 3. The second kappa shape index (κ2) is 10.1. The number of hydrogen-bond donors (Lipinski definition) is 2. The second-order valence-electron chi connectivity index (χ2n) is 6.56. The molecule has 5 nitrogen and oxygen atoms in total. The number of halogens is 1. The van der Waals surface area contributed by atoms with E-state index >= 15 is 0 Å². The molecule has 0 bridgehead atoms. The number of piperidine rings is 1. The van der Waals surface area contributed by atoms with Crippen LogP contribution in [0.1, 0.15) is 38.8 Å². The smallest absolute Gasteiger partial charge is 0.188 e. The number of guanidine groups is 1. The Morgan fingerprint density at radius 3 is 2.70 bits per heavy atom. The summed E-state index contributed by atoms with van der Waals surface area (Å²) in [6.07, 6.45) is 6.61. The molecule has 130 valence electrons. The van der Waals surface area contributed by atoms with Gasteiger partial charge in [-0.05, 0) is 51.9 Å². The normalized spacial score (nSPS) is 16.7. The molecule has 1 saturated heterocycles. The van der Waals surface area contributed by atoms with Crippen LogP contribution in [0.4, 0.5) is 0 Å². The van der Waals surface area contributed by atoms with Gasteiger partial charge in [-0.3, -0.25) is 14.9 Å². The first kappa shape index (κ1) is 20.2. The standard InChI is InChI=1S/C17H29N5.HI/c1-17(2,22-12-6-3-7-13-22)14-21-16(18)20-11-9-15-8-4-5-10-19-15;/h4-5,8,10H,3,6-7,9,11-14H2,1-2H3,(H3,18,20,21);1H. The fourth-order valence-electron chi connectivity index (χ4n) is 2.80. The minimum absolute atomic E-state index is 0. The molecule has 1 aromatic rings. The van der Waals surface area contributed by atoms with Crippen molar-refractivity contribution >= 4 is 29.9 Å². The second-order valence-corrected chi connectivity index (χ2v) is 6.56. The van der Waals surface area contributed by atoms with E-state index in [0.29, 0.717) is 5.96 Å². The van der Waals surface area contributed by atoms with Gasteiger partial charge in [-0.25, -0.2) is 0 Å². The van der Waals surface area contributed by atoms with Gasteiger partial charge in [0.1, 0.15) is 0 Å². The Hall–Kier alpha value is -0.890. The molecule has 0 saturated carbocycles. The van der Waals surface area contributed by atoms with Crippen molar-refractivity contribution in [3.8, 4) is 0 Å². The first-order valence-electron chi connectivity index (χ1n) is 8.27. The molecule has 0 radical (unpaired) electrons. The van der Waals surface area contributed by atoms with Crippen molar-refractivity contribution in [2.24, 2.45) is 10.7 Å². The molecule has 0 amide bonds. The fraction of sp³-hybridized carbons (Fsp3) is 0.647. The zero-order valence-corrected chi connectivity index (χ0v) is 16.6. The summed E-state index contributed by atoms with van der Waals surface area (Å²) in [4.78, 5) is 11.3. The third-order valence-corrected chi connectivity index (χ3v) is 4.26. The maximum absolute atomic E-state index is 5.97. The van der Waals surface area contributed by atoms with E-state index in [9.17, 15) is 0 Å². The van der Waals surface area contributed by atoms with Crippen LogP contribution in [0.3, 0.4) is 0 Å². The van der Waals surface area contributed by atoms with Gasteiger partial charge in [-0.2, -0.15) is 0 Å². The number of pyridine rings is 1. The number of nitrogens with one attached hydrogen (secondary N) is 1. The van der Waals surface area contributed by atoms with Crippen LogP contribution in [-0.4, -0.2) is 47.6 Å². The van der Waals surface area contributed by atoms with Crippen molar-refractivity contribution < 1.29 is 0 Å². The summed E-state index contributed by atoms with van der Waals surface area (Å²) < 4.78 is 0. The largest absolute Gasteiger partial charge is 0.370 e. The van der Waals surface area contributed by atoms with Crippen LogP contribution < -0.4 is 11.1 Å². The Morgan fingerprint density at radius 1 is 1.30 bits per heavy atom. The number of likely N-dealkylation sites (tertiary alicyclic amines) is 1. The van der Waals surface area contributed by atoms with Gasteiger partial charge in [0.25, 0.3) is 0 Å². The van der Waals surface area contributed by atoms with Gasteiger partial charge in [0.05, 0.1) is 6.54 Å². The maximum Gasteiger partial charge on any atom is 0.188 e. The van der Waals surface area contributed by atoms with Crippen LogP contribution in [-0.2, 0) is 6.42 Å². The number of rotatable bonds is 6. The van der Waals surface area contributed by atoms with E-state index in [4.69, 9.17) is 5.73 Å². The highest BCUT2D eigenvalue weighted by Crippen LogP contribution is 2.20. The zero-order valence-electron chi connectivity index (χ0n) is 14.3. The Balaban J connectivity index is 0.00000264. The van der Waals surface area contributed by atoms with Crippen LogP contribution in [0, 0.1) is 0 Å². The fourth-order valence-corrected chi connectivity index (χ4v) is 2.80. The molecule has 0 aliphatic carbocycles. The van der Waals surface area contributed by atoms with Crippen molar-refractivity contribution in [2.75, 3.05) is 26.2 Å². The van der Waals surface area contributed by atoms with Crippen LogP contribution in [0.5, 0.6) is 0 Å². The van der Waals surface area contributed by atoms with E-state index in [0.717, 1.165) is 25.2 Å². The monoisotopic (exact) mass is 431 g/mol. The Morgan fingerprint density at radius 2 is 2.04 bits per heavy atom. The quantitative estimate of drug-likeness (QED) is 0.413. The third-order valence-electron chi connectivity index (χ3n) is 4.26. The van der Waals surface area contributed by atoms with E-state index in [2.05, 4.69) is 34.0 Å². The molecule has 2 heterocycles. The molecule has 1 aliphatic heterocycles. The number of aliphatic imine (C=N–C) groups is 1. The Kier molecular flexibility index (Phi) is 8.83. The van der Waals surface area contributed by atoms with E-state index in [1.54, 1.807) is 0 Å². The van der Waals surface area contributed by atoms with Gasteiger partial charge >= 0.3 is 0 Å². The van der Waals surface area contributed by atoms with Gasteiger partial charge in [-0.15, -0.1) is 24.0 Å². The van der Waals surface area contributed by atoms with E-state index in [1.165, 1.54) is 32.4 Å². The lowest BCUT2D eigenvalue weighted by molar-refractivity contribution is 0.102. The van der Waals surface area contributed by atoms with Gasteiger partial charge in [0.15, 0.2) is 5.96 Å². The summed E-state index contributed by atoms with van der Waals surface area (Å²) in [7, 11) is 0. The molecule has 0 spiro atoms. The lowest BCUT2D eigenvalue weighted by Crippen LogP contribution is -2.49. The molecule has 6 heteroatoms. The lowest BCUT2D eigenvalue weighted by atomic mass is 9.99. The van der Waals surface area contributed by atoms with Crippen molar-refractivity contribution in [3.63, 3.8) is 0 Å². The van der Waals surface area contributed by atoms with Gasteiger partial charge < -0.3 is 11.1 Å². The SMILES string of the molecule is CC(C)(CN=C(N)NCCc1ccccn1)N1CCCCC1.I. The minimum Gasteiger partial charge on any atom is -0.370 e. The Bertz CT molecular complexity index is 469. The molecule has 1 aliphatic rings. The average Bonchev–Trinajstić information content (AvgIpc) is 2.55. The van der Waals surface area contributed by atoms with E-state index in [-0.39, 0.29) is 29.5 Å². The predicted molar refractivity (Wildman–Crippen MR) is 107 cm³/mol. The van der Waals surface area contributed by atoms with Crippen LogP contribution in [0.15, 0.2) is 29.4 Å². The summed E-state index contributed by atoms with van der Waals surface area (Å²) >= 11 is 0. The summed E-state index contributed by atoms with van der Waals surface area (Å²) in [6.45, 7) is 8.35. The molecule has 0 unspecified atom stereocenters. The lowest BCUT2D eigenvalue weighted by Gasteiger charge is -2.40. The van der Waals surface area contributed by atoms with Crippen molar-refractivity contribution in [1.82, 2.24) is 15.2 Å². The average molecular weight is 431 g/mol. The molecule has 2 rings (SSSR count). The van der Waals surface area contributed by atoms with Crippen molar-refractivity contribution in [2.45, 2.75) is 45.1 Å². The molecular formula is C17H30IN5. The highest BCUT2D eigenvalue weighted by Gasteiger charge is 2.27. The molecule has 3 N–H and O–H groups in total. The number of nitrogens with two attached hydrogens (primary N) is 1. The number of hydrogen-bond acceptors (Lipinski definition) is 3. The zero-order chi connectivity index (χ0) is 15.8. The maximum atomic E-state index is 5.97. The van der Waals surface area contributed by atoms with Gasteiger partial charge in [-0.1, -0.05) is 12.5 Å². The summed E-state index contributed by atoms with van der Waals surface area (Å²) in [5, 5.41) is 3.18. The van der Waals surface area contributed by atoms with Gasteiger partial charge in [0, 0.05) is 30.4 Å². The highest BCUT2D eigenvalue weighted by molar-refractivity contribution is 14.0. The summed E-state index contributed by atoms with van der Waals surface area (Å²) in [6, 6.07) is 5.95. The predicted octanol–water partition coefficient (Wildman–Crippen LogP) is 2.41. The van der Waals surface area contributed by atoms with E-state index < -0.39 is 0 Å². The molecule has 0 aromatic carbocycles. The Labute approximate surface area is 157 Å². The molecule has 1 aromatic heterocycles. The summed E-state index contributed by atoms with van der Waals surface area (Å²) in [5.41, 5.74) is 7.12. The summed E-state index contributed by atoms with van der Waals surface area (Å²) in [5.74, 6) is 0.529. The molecular weight excluding hydrogens is 401 g/mol. The third kappa shape index (κ3) is 7.03. The topological polar surface area (TPSA) is 66.5 Å². The first-order valence-corrected chi connectivity index (χ1v) is 8.27. The van der Waals surface area contributed by atoms with Gasteiger partial charge in [0.2, 0.25) is 0 Å². The van der Waals surface area contributed by atoms with Crippen LogP contribution in [0.2, 0.25) is 0 Å². The first-order chi connectivity index (χ1) is 10.6. The van der Waals surface area contributed by atoms with Crippen molar-refractivity contribution in [1.29, 1.82) is 0 Å². The number of aromatic nitrogens is 1. The molecule has 0 atom stereocenters. The van der Waals surface area contributed by atoms with E-state index in [1.807, 2.05) is 24.4 Å². The van der Waals surface area contributed by atoms with Crippen LogP contribution >= 0.6 is 24.0 Å².